The van der Waals surface area contributed by atoms with Crippen molar-refractivity contribution in [3.05, 3.63) is 48.3 Å². The standard InChI is InChI=1S/C21H19F6N7O/c22-15-2-1-11(12-5-31-34(8-12)10-21(25,26)27)3-14(15)16-7-30-18(28)17(33-16)19(35)32-13-4-20(23,24)9-29-6-13/h1-3,5,7-8,13,29H,4,6,9-10H2,(H2,28,30)(H,32,35)/t13-/m0/s1. The number of amides is 1. The third-order valence-corrected chi connectivity index (χ3v) is 5.22. The van der Waals surface area contributed by atoms with Crippen LogP contribution in [-0.2, 0) is 6.54 Å². The molecule has 8 nitrogen and oxygen atoms in total. The minimum atomic E-state index is -4.46. The molecule has 0 saturated carbocycles. The smallest absolute Gasteiger partial charge is 0.382 e. The van der Waals surface area contributed by atoms with E-state index in [1.54, 1.807) is 0 Å². The lowest BCUT2D eigenvalue weighted by Crippen LogP contribution is -2.53. The molecule has 1 aliphatic rings. The summed E-state index contributed by atoms with van der Waals surface area (Å²) in [5.74, 6) is -4.87. The Morgan fingerprint density at radius 1 is 1.26 bits per heavy atom. The van der Waals surface area contributed by atoms with Crippen LogP contribution in [-0.4, -0.2) is 56.9 Å². The van der Waals surface area contributed by atoms with Gasteiger partial charge in [0, 0.05) is 36.3 Å². The van der Waals surface area contributed by atoms with Crippen molar-refractivity contribution in [2.75, 3.05) is 18.8 Å². The maximum atomic E-state index is 14.6. The number of rotatable bonds is 5. The largest absolute Gasteiger partial charge is 0.408 e. The number of nitrogen functional groups attached to an aromatic ring is 1. The Labute approximate surface area is 194 Å². The summed E-state index contributed by atoms with van der Waals surface area (Å²) in [6.45, 7) is -1.67. The molecule has 3 aromatic rings. The quantitative estimate of drug-likeness (QED) is 0.466. The fourth-order valence-electron chi connectivity index (χ4n) is 3.67. The predicted octanol–water partition coefficient (Wildman–Crippen LogP) is 3.02. The van der Waals surface area contributed by atoms with Crippen LogP contribution in [0.4, 0.5) is 32.2 Å². The van der Waals surface area contributed by atoms with Gasteiger partial charge in [0.2, 0.25) is 0 Å². The van der Waals surface area contributed by atoms with Gasteiger partial charge in [-0.15, -0.1) is 0 Å². The Morgan fingerprint density at radius 2 is 2.03 bits per heavy atom. The van der Waals surface area contributed by atoms with E-state index in [0.29, 0.717) is 15.8 Å². The Kier molecular flexibility index (Phi) is 6.40. The van der Waals surface area contributed by atoms with Crippen LogP contribution in [0.5, 0.6) is 0 Å². The Bertz CT molecular complexity index is 1240. The first-order chi connectivity index (χ1) is 16.4. The van der Waals surface area contributed by atoms with Crippen LogP contribution in [0.25, 0.3) is 22.4 Å². The average molecular weight is 499 g/mol. The van der Waals surface area contributed by atoms with Crippen molar-refractivity contribution in [3.63, 3.8) is 0 Å². The molecular weight excluding hydrogens is 480 g/mol. The summed E-state index contributed by atoms with van der Waals surface area (Å²) < 4.78 is 80.4. The topological polar surface area (TPSA) is 111 Å². The van der Waals surface area contributed by atoms with Gasteiger partial charge in [0.25, 0.3) is 11.8 Å². The van der Waals surface area contributed by atoms with Gasteiger partial charge in [-0.2, -0.15) is 18.3 Å². The Morgan fingerprint density at radius 3 is 2.74 bits per heavy atom. The molecule has 2 aromatic heterocycles. The molecule has 0 aliphatic carbocycles. The first-order valence-electron chi connectivity index (χ1n) is 10.3. The zero-order chi connectivity index (χ0) is 25.4. The number of aromatic nitrogens is 4. The second kappa shape index (κ2) is 9.17. The van der Waals surface area contributed by atoms with Crippen LogP contribution in [0.2, 0.25) is 0 Å². The van der Waals surface area contributed by atoms with Crippen LogP contribution in [0.15, 0.2) is 36.8 Å². The molecule has 3 heterocycles. The maximum absolute atomic E-state index is 14.6. The maximum Gasteiger partial charge on any atom is 0.408 e. The normalized spacial score (nSPS) is 17.8. The summed E-state index contributed by atoms with van der Waals surface area (Å²) in [5.41, 5.74) is 5.82. The van der Waals surface area contributed by atoms with E-state index < -0.39 is 49.4 Å². The lowest BCUT2D eigenvalue weighted by Gasteiger charge is -2.30. The van der Waals surface area contributed by atoms with Gasteiger partial charge in [-0.3, -0.25) is 9.48 Å². The highest BCUT2D eigenvalue weighted by molar-refractivity contribution is 5.97. The van der Waals surface area contributed by atoms with Crippen molar-refractivity contribution in [2.24, 2.45) is 0 Å². The zero-order valence-electron chi connectivity index (χ0n) is 17.9. The van der Waals surface area contributed by atoms with Gasteiger partial charge in [-0.1, -0.05) is 6.07 Å². The average Bonchev–Trinajstić information content (AvgIpc) is 3.20. The van der Waals surface area contributed by atoms with Crippen LogP contribution >= 0.6 is 0 Å². The zero-order valence-corrected chi connectivity index (χ0v) is 17.9. The highest BCUT2D eigenvalue weighted by Crippen LogP contribution is 2.29. The van der Waals surface area contributed by atoms with Crippen LogP contribution in [0.1, 0.15) is 16.9 Å². The molecule has 4 rings (SSSR count). The number of halogens is 6. The summed E-state index contributed by atoms with van der Waals surface area (Å²) in [7, 11) is 0. The number of nitrogens with one attached hydrogen (secondary N) is 2. The molecule has 14 heteroatoms. The van der Waals surface area contributed by atoms with Crippen LogP contribution in [0, 0.1) is 5.82 Å². The van der Waals surface area contributed by atoms with E-state index in [0.717, 1.165) is 18.5 Å². The lowest BCUT2D eigenvalue weighted by molar-refractivity contribution is -0.142. The molecular formula is C21H19F6N7O. The number of alkyl halides is 5. The van der Waals surface area contributed by atoms with E-state index in [1.807, 2.05) is 0 Å². The van der Waals surface area contributed by atoms with E-state index in [4.69, 9.17) is 5.73 Å². The first-order valence-corrected chi connectivity index (χ1v) is 10.3. The molecule has 186 valence electrons. The van der Waals surface area contributed by atoms with Gasteiger partial charge < -0.3 is 16.4 Å². The molecule has 0 bridgehead atoms. The van der Waals surface area contributed by atoms with E-state index in [1.165, 1.54) is 18.3 Å². The third-order valence-electron chi connectivity index (χ3n) is 5.22. The number of carbonyl (C=O) groups excluding carboxylic acids is 1. The molecule has 1 fully saturated rings. The van der Waals surface area contributed by atoms with Crippen molar-refractivity contribution in [3.8, 4) is 22.4 Å². The summed E-state index contributed by atoms with van der Waals surface area (Å²) in [5, 5.41) is 8.61. The minimum absolute atomic E-state index is 0.0847. The molecule has 4 N–H and O–H groups in total. The van der Waals surface area contributed by atoms with Crippen molar-refractivity contribution in [1.82, 2.24) is 30.4 Å². The Hall–Kier alpha value is -3.68. The number of carbonyl (C=O) groups is 1. The molecule has 0 unspecified atom stereocenters. The van der Waals surface area contributed by atoms with Crippen molar-refractivity contribution in [1.29, 1.82) is 0 Å². The fraction of sp³-hybridized carbons (Fsp3) is 0.333. The van der Waals surface area contributed by atoms with Gasteiger partial charge >= 0.3 is 6.18 Å². The van der Waals surface area contributed by atoms with Crippen molar-refractivity contribution in [2.45, 2.75) is 31.1 Å². The fourth-order valence-corrected chi connectivity index (χ4v) is 3.67. The van der Waals surface area contributed by atoms with E-state index in [-0.39, 0.29) is 29.3 Å². The number of anilines is 1. The summed E-state index contributed by atoms with van der Waals surface area (Å²) in [6, 6.07) is 2.86. The van der Waals surface area contributed by atoms with Crippen LogP contribution < -0.4 is 16.4 Å². The second-order valence-corrected chi connectivity index (χ2v) is 8.09. The molecule has 0 spiro atoms. The monoisotopic (exact) mass is 499 g/mol. The van der Waals surface area contributed by atoms with Gasteiger partial charge in [0.1, 0.15) is 12.4 Å². The number of benzene rings is 1. The lowest BCUT2D eigenvalue weighted by atomic mass is 10.0. The third kappa shape index (κ3) is 5.88. The van der Waals surface area contributed by atoms with Gasteiger partial charge in [0.05, 0.1) is 24.6 Å². The van der Waals surface area contributed by atoms with E-state index in [9.17, 15) is 31.1 Å². The second-order valence-electron chi connectivity index (χ2n) is 8.09. The van der Waals surface area contributed by atoms with E-state index in [2.05, 4.69) is 25.7 Å². The SMILES string of the molecule is Nc1ncc(-c2cc(-c3cnn(CC(F)(F)F)c3)ccc2F)nc1C(=O)N[C@@H]1CNCC(F)(F)C1. The predicted molar refractivity (Wildman–Crippen MR) is 113 cm³/mol. The van der Waals surface area contributed by atoms with E-state index >= 15 is 0 Å². The number of hydrogen-bond acceptors (Lipinski definition) is 6. The van der Waals surface area contributed by atoms with Crippen molar-refractivity contribution >= 4 is 11.7 Å². The summed E-state index contributed by atoms with van der Waals surface area (Å²) in [4.78, 5) is 20.6. The summed E-state index contributed by atoms with van der Waals surface area (Å²) in [6.07, 6.45) is -1.55. The Balaban J connectivity index is 1.60. The molecule has 0 radical (unpaired) electrons. The minimum Gasteiger partial charge on any atom is -0.382 e. The molecule has 1 aromatic carbocycles. The molecule has 1 saturated heterocycles. The molecule has 35 heavy (non-hydrogen) atoms. The number of nitrogens with two attached hydrogens (primary N) is 1. The highest BCUT2D eigenvalue weighted by Gasteiger charge is 2.37. The number of nitrogens with zero attached hydrogens (tertiary/aromatic N) is 4. The van der Waals surface area contributed by atoms with Crippen molar-refractivity contribution < 1.29 is 31.1 Å². The van der Waals surface area contributed by atoms with Crippen LogP contribution in [0.3, 0.4) is 0 Å². The first kappa shape index (κ1) is 24.4. The highest BCUT2D eigenvalue weighted by atomic mass is 19.4. The van der Waals surface area contributed by atoms with Gasteiger partial charge in [-0.05, 0) is 17.7 Å². The molecule has 1 aliphatic heterocycles. The van der Waals surface area contributed by atoms with Gasteiger partial charge in [0.15, 0.2) is 11.5 Å². The molecule has 1 amide bonds. The molecule has 1 atom stereocenters. The summed E-state index contributed by atoms with van der Waals surface area (Å²) >= 11 is 0. The number of hydrogen-bond donors (Lipinski definition) is 3. The number of piperidine rings is 1. The van der Waals surface area contributed by atoms with Gasteiger partial charge in [-0.25, -0.2) is 23.1 Å².